The van der Waals surface area contributed by atoms with Crippen molar-refractivity contribution >= 4 is 51.5 Å². The van der Waals surface area contributed by atoms with Gasteiger partial charge in [-0.15, -0.1) is 0 Å². The number of benzene rings is 2. The van der Waals surface area contributed by atoms with Gasteiger partial charge in [-0.1, -0.05) is 36.4 Å². The summed E-state index contributed by atoms with van der Waals surface area (Å²) < 4.78 is 2.14. The summed E-state index contributed by atoms with van der Waals surface area (Å²) in [6.07, 6.45) is 3.73. The highest BCUT2D eigenvalue weighted by Crippen LogP contribution is 2.34. The molecule has 0 saturated carbocycles. The van der Waals surface area contributed by atoms with Crippen molar-refractivity contribution < 1.29 is 14.4 Å². The van der Waals surface area contributed by atoms with E-state index in [0.29, 0.717) is 10.6 Å². The number of anilines is 1. The minimum Gasteiger partial charge on any atom is -0.344 e. The average molecular weight is 420 g/mol. The molecule has 0 radical (unpaired) electrons. The van der Waals surface area contributed by atoms with Gasteiger partial charge in [-0.3, -0.25) is 19.3 Å². The van der Waals surface area contributed by atoms with Crippen LogP contribution in [0.2, 0.25) is 0 Å². The molecule has 1 N–H and O–H groups in total. The fourth-order valence-electron chi connectivity index (χ4n) is 3.42. The van der Waals surface area contributed by atoms with Crippen LogP contribution in [0.15, 0.2) is 65.7 Å². The fraction of sp³-hybridized carbons (Fsp3) is 0.174. The second-order valence-corrected chi connectivity index (χ2v) is 8.28. The van der Waals surface area contributed by atoms with Crippen LogP contribution in [0.1, 0.15) is 25.5 Å². The molecule has 3 aromatic rings. The Kier molecular flexibility index (Phi) is 5.46. The van der Waals surface area contributed by atoms with Crippen molar-refractivity contribution in [3.8, 4) is 0 Å². The van der Waals surface area contributed by atoms with Crippen LogP contribution in [0.25, 0.3) is 17.0 Å². The molecule has 0 aliphatic carbocycles. The second kappa shape index (κ2) is 8.20. The van der Waals surface area contributed by atoms with Crippen molar-refractivity contribution in [2.45, 2.75) is 19.9 Å². The summed E-state index contributed by atoms with van der Waals surface area (Å²) in [7, 11) is 0. The molecule has 1 fully saturated rings. The number of hydrogen-bond donors (Lipinski definition) is 1. The third-order valence-corrected chi connectivity index (χ3v) is 5.75. The number of nitrogens with one attached hydrogen (secondary N) is 1. The number of fused-ring (bicyclic) bond motifs is 1. The van der Waals surface area contributed by atoms with Crippen molar-refractivity contribution in [3.63, 3.8) is 0 Å². The zero-order chi connectivity index (χ0) is 21.3. The molecule has 2 heterocycles. The molecule has 1 aliphatic rings. The molecule has 6 nitrogen and oxygen atoms in total. The van der Waals surface area contributed by atoms with Crippen LogP contribution in [0.4, 0.5) is 10.5 Å². The third kappa shape index (κ3) is 3.89. The summed E-state index contributed by atoms with van der Waals surface area (Å²) in [6, 6.07) is 17.1. The minimum absolute atomic E-state index is 0.258. The molecule has 1 aromatic heterocycles. The van der Waals surface area contributed by atoms with E-state index in [1.54, 1.807) is 30.3 Å². The zero-order valence-corrected chi connectivity index (χ0v) is 17.5. The Morgan fingerprint density at radius 2 is 1.77 bits per heavy atom. The Bertz CT molecular complexity index is 1160. The normalized spacial score (nSPS) is 15.6. The average Bonchev–Trinajstić information content (AvgIpc) is 3.22. The van der Waals surface area contributed by atoms with E-state index >= 15 is 0 Å². The molecule has 3 amide bonds. The molecular weight excluding hydrogens is 398 g/mol. The van der Waals surface area contributed by atoms with Gasteiger partial charge in [0, 0.05) is 34.4 Å². The predicted octanol–water partition coefficient (Wildman–Crippen LogP) is 4.90. The van der Waals surface area contributed by atoms with Crippen LogP contribution in [-0.4, -0.2) is 33.1 Å². The molecule has 1 aliphatic heterocycles. The number of thioether (sulfide) groups is 1. The quantitative estimate of drug-likeness (QED) is 0.597. The Hall–Kier alpha value is -3.32. The van der Waals surface area contributed by atoms with Crippen LogP contribution < -0.4 is 5.32 Å². The number of amides is 3. The van der Waals surface area contributed by atoms with Gasteiger partial charge in [-0.25, -0.2) is 0 Å². The highest BCUT2D eigenvalue weighted by atomic mass is 32.2. The van der Waals surface area contributed by atoms with Gasteiger partial charge < -0.3 is 9.88 Å². The molecule has 0 bridgehead atoms. The molecule has 1 saturated heterocycles. The van der Waals surface area contributed by atoms with Gasteiger partial charge in [0.1, 0.15) is 6.54 Å². The number of imide groups is 1. The first kappa shape index (κ1) is 20.0. The molecule has 4 rings (SSSR count). The van der Waals surface area contributed by atoms with Crippen molar-refractivity contribution in [1.29, 1.82) is 0 Å². The summed E-state index contributed by atoms with van der Waals surface area (Å²) in [5, 5.41) is 3.27. The number of aromatic nitrogens is 1. The molecule has 2 aromatic carbocycles. The molecule has 30 heavy (non-hydrogen) atoms. The van der Waals surface area contributed by atoms with Crippen LogP contribution in [0.3, 0.4) is 0 Å². The number of hydrogen-bond acceptors (Lipinski definition) is 4. The van der Waals surface area contributed by atoms with Crippen LogP contribution in [-0.2, 0) is 9.59 Å². The highest BCUT2D eigenvalue weighted by Gasteiger charge is 2.36. The van der Waals surface area contributed by atoms with E-state index in [1.165, 1.54) is 0 Å². The molecule has 0 spiro atoms. The summed E-state index contributed by atoms with van der Waals surface area (Å²) >= 11 is 0.860. The van der Waals surface area contributed by atoms with Gasteiger partial charge >= 0.3 is 0 Å². The standard InChI is InChI=1S/C23H21N3O3S/c1-15(2)25-13-16(18-10-6-7-11-19(18)25)12-20-22(28)26(23(29)30-20)14-21(27)24-17-8-4-3-5-9-17/h3-13,15H,14H2,1-2H3,(H,24,27)/b20-12-. The maximum absolute atomic E-state index is 12.8. The zero-order valence-electron chi connectivity index (χ0n) is 16.7. The fourth-order valence-corrected chi connectivity index (χ4v) is 4.25. The summed E-state index contributed by atoms with van der Waals surface area (Å²) in [6.45, 7) is 3.87. The van der Waals surface area contributed by atoms with Gasteiger partial charge in [0.25, 0.3) is 11.1 Å². The van der Waals surface area contributed by atoms with Crippen LogP contribution in [0, 0.1) is 0 Å². The number of carbonyl (C=O) groups is 3. The SMILES string of the molecule is CC(C)n1cc(/C=C2\SC(=O)N(CC(=O)Nc3ccccc3)C2=O)c2ccccc21. The molecule has 0 atom stereocenters. The minimum atomic E-state index is -0.449. The lowest BCUT2D eigenvalue weighted by Crippen LogP contribution is -2.36. The van der Waals surface area contributed by atoms with Crippen molar-refractivity contribution in [3.05, 3.63) is 71.3 Å². The lowest BCUT2D eigenvalue weighted by atomic mass is 10.1. The molecular formula is C23H21N3O3S. The molecule has 152 valence electrons. The van der Waals surface area contributed by atoms with Crippen molar-refractivity contribution in [2.24, 2.45) is 0 Å². The van der Waals surface area contributed by atoms with Crippen LogP contribution >= 0.6 is 11.8 Å². The maximum Gasteiger partial charge on any atom is 0.294 e. The van der Waals surface area contributed by atoms with E-state index < -0.39 is 17.1 Å². The summed E-state index contributed by atoms with van der Waals surface area (Å²) in [4.78, 5) is 38.8. The summed E-state index contributed by atoms with van der Waals surface area (Å²) in [5.74, 6) is -0.865. The van der Waals surface area contributed by atoms with Gasteiger partial charge in [-0.05, 0) is 49.9 Å². The topological polar surface area (TPSA) is 71.4 Å². The summed E-state index contributed by atoms with van der Waals surface area (Å²) in [5.41, 5.74) is 2.56. The number of rotatable bonds is 5. The Labute approximate surface area is 178 Å². The Morgan fingerprint density at radius 3 is 2.50 bits per heavy atom. The van der Waals surface area contributed by atoms with E-state index in [1.807, 2.05) is 36.5 Å². The van der Waals surface area contributed by atoms with Gasteiger partial charge in [0.05, 0.1) is 4.91 Å². The first-order valence-electron chi connectivity index (χ1n) is 9.64. The number of carbonyl (C=O) groups excluding carboxylic acids is 3. The monoisotopic (exact) mass is 419 g/mol. The Balaban J connectivity index is 1.56. The largest absolute Gasteiger partial charge is 0.344 e. The smallest absolute Gasteiger partial charge is 0.294 e. The first-order chi connectivity index (χ1) is 14.4. The number of para-hydroxylation sites is 2. The number of nitrogens with zero attached hydrogens (tertiary/aromatic N) is 2. The maximum atomic E-state index is 12.8. The van der Waals surface area contributed by atoms with E-state index in [-0.39, 0.29) is 12.6 Å². The lowest BCUT2D eigenvalue weighted by molar-refractivity contribution is -0.127. The van der Waals surface area contributed by atoms with Gasteiger partial charge in [-0.2, -0.15) is 0 Å². The lowest BCUT2D eigenvalue weighted by Gasteiger charge is -2.12. The van der Waals surface area contributed by atoms with E-state index in [0.717, 1.165) is 33.1 Å². The second-order valence-electron chi connectivity index (χ2n) is 7.28. The van der Waals surface area contributed by atoms with Crippen LogP contribution in [0.5, 0.6) is 0 Å². The molecule has 7 heteroatoms. The Morgan fingerprint density at radius 1 is 1.07 bits per heavy atom. The molecule has 0 unspecified atom stereocenters. The van der Waals surface area contributed by atoms with Crippen molar-refractivity contribution in [2.75, 3.05) is 11.9 Å². The highest BCUT2D eigenvalue weighted by molar-refractivity contribution is 8.18. The first-order valence-corrected chi connectivity index (χ1v) is 10.5. The third-order valence-electron chi connectivity index (χ3n) is 4.85. The van der Waals surface area contributed by atoms with Crippen molar-refractivity contribution in [1.82, 2.24) is 9.47 Å². The van der Waals surface area contributed by atoms with Gasteiger partial charge in [0.15, 0.2) is 0 Å². The van der Waals surface area contributed by atoms with Gasteiger partial charge in [0.2, 0.25) is 5.91 Å². The predicted molar refractivity (Wildman–Crippen MR) is 120 cm³/mol. The van der Waals surface area contributed by atoms with E-state index in [2.05, 4.69) is 23.7 Å². The van der Waals surface area contributed by atoms with E-state index in [4.69, 9.17) is 0 Å². The van der Waals surface area contributed by atoms with E-state index in [9.17, 15) is 14.4 Å².